The van der Waals surface area contributed by atoms with Crippen molar-refractivity contribution in [3.05, 3.63) is 34.8 Å². The molecule has 1 saturated carbocycles. The molecule has 3 aromatic rings. The number of ether oxygens (including phenoxy) is 1. The zero-order chi connectivity index (χ0) is 19.0. The number of esters is 1. The predicted molar refractivity (Wildman–Crippen MR) is 105 cm³/mol. The third kappa shape index (κ3) is 3.43. The molecule has 2 aromatic heterocycles. The summed E-state index contributed by atoms with van der Waals surface area (Å²) in [7, 11) is 1.91. The van der Waals surface area contributed by atoms with Crippen LogP contribution in [0.25, 0.3) is 16.0 Å². The second-order valence-corrected chi connectivity index (χ2v) is 8.14. The summed E-state index contributed by atoms with van der Waals surface area (Å²) in [5.74, 6) is -0.258. The van der Waals surface area contributed by atoms with Gasteiger partial charge in [-0.1, -0.05) is 42.7 Å². The van der Waals surface area contributed by atoms with E-state index in [0.29, 0.717) is 10.9 Å². The number of hydrogen-bond donors (Lipinski definition) is 0. The molecule has 0 aliphatic heterocycles. The van der Waals surface area contributed by atoms with Crippen LogP contribution in [0.4, 0.5) is 0 Å². The molecule has 27 heavy (non-hydrogen) atoms. The summed E-state index contributed by atoms with van der Waals surface area (Å²) in [4.78, 5) is 32.2. The van der Waals surface area contributed by atoms with Crippen molar-refractivity contribution in [1.29, 1.82) is 0 Å². The molecule has 0 N–H and O–H groups in total. The van der Waals surface area contributed by atoms with E-state index >= 15 is 0 Å². The molecular weight excluding hydrogens is 362 g/mol. The molecule has 0 saturated heterocycles. The number of fused-ring (bicyclic) bond motifs is 3. The summed E-state index contributed by atoms with van der Waals surface area (Å²) in [5, 5.41) is 0. The number of benzene rings is 1. The molecule has 1 aliphatic rings. The van der Waals surface area contributed by atoms with E-state index in [4.69, 9.17) is 4.74 Å². The second-order valence-electron chi connectivity index (χ2n) is 7.13. The molecule has 6 nitrogen and oxygen atoms in total. The highest BCUT2D eigenvalue weighted by molar-refractivity contribution is 7.18. The molecular formula is C20H23N3O3S. The summed E-state index contributed by atoms with van der Waals surface area (Å²) in [6.07, 6.45) is 7.69. The minimum Gasteiger partial charge on any atom is -0.461 e. The monoisotopic (exact) mass is 385 g/mol. The summed E-state index contributed by atoms with van der Waals surface area (Å²) in [5.41, 5.74) is 2.61. The highest BCUT2D eigenvalue weighted by atomic mass is 32.1. The first-order chi connectivity index (χ1) is 13.0. The van der Waals surface area contributed by atoms with E-state index in [0.717, 1.165) is 34.4 Å². The fourth-order valence-electron chi connectivity index (χ4n) is 3.84. The summed E-state index contributed by atoms with van der Waals surface area (Å²) >= 11 is 1.41. The van der Waals surface area contributed by atoms with Crippen molar-refractivity contribution < 1.29 is 14.3 Å². The van der Waals surface area contributed by atoms with Crippen molar-refractivity contribution in [1.82, 2.24) is 14.3 Å². The molecule has 0 spiro atoms. The lowest BCUT2D eigenvalue weighted by molar-refractivity contribution is -0.142. The Morgan fingerprint density at radius 1 is 1.30 bits per heavy atom. The highest BCUT2D eigenvalue weighted by Crippen LogP contribution is 2.29. The third-order valence-corrected chi connectivity index (χ3v) is 6.26. The van der Waals surface area contributed by atoms with E-state index < -0.39 is 0 Å². The third-order valence-electron chi connectivity index (χ3n) is 5.29. The van der Waals surface area contributed by atoms with Gasteiger partial charge in [0.2, 0.25) is 0 Å². The van der Waals surface area contributed by atoms with Crippen LogP contribution in [0, 0.1) is 0 Å². The SMILES string of the molecule is CC(=O)OCc1cccc2nc3sc(C(=O)N(C)C4CCCCC4)cn3c12. The number of aromatic nitrogens is 2. The minimum absolute atomic E-state index is 0.0583. The van der Waals surface area contributed by atoms with E-state index in [1.165, 1.54) is 37.5 Å². The van der Waals surface area contributed by atoms with Crippen molar-refractivity contribution >= 4 is 39.2 Å². The second kappa shape index (κ2) is 7.31. The number of carbonyl (C=O) groups is 2. The molecule has 7 heteroatoms. The molecule has 0 bridgehead atoms. The van der Waals surface area contributed by atoms with Crippen molar-refractivity contribution in [2.45, 2.75) is 51.7 Å². The average molecular weight is 385 g/mol. The van der Waals surface area contributed by atoms with E-state index in [-0.39, 0.29) is 18.5 Å². The smallest absolute Gasteiger partial charge is 0.302 e. The Kier molecular flexibility index (Phi) is 4.86. The molecule has 1 aliphatic carbocycles. The van der Waals surface area contributed by atoms with E-state index in [2.05, 4.69) is 4.98 Å². The van der Waals surface area contributed by atoms with Crippen LogP contribution in [-0.4, -0.2) is 39.3 Å². The maximum Gasteiger partial charge on any atom is 0.302 e. The first kappa shape index (κ1) is 18.0. The molecule has 0 unspecified atom stereocenters. The lowest BCUT2D eigenvalue weighted by Crippen LogP contribution is -2.37. The molecule has 1 fully saturated rings. The molecule has 4 rings (SSSR count). The van der Waals surface area contributed by atoms with Gasteiger partial charge in [-0.2, -0.15) is 0 Å². The number of hydrogen-bond acceptors (Lipinski definition) is 5. The van der Waals surface area contributed by atoms with Crippen molar-refractivity contribution in [3.8, 4) is 0 Å². The lowest BCUT2D eigenvalue weighted by atomic mass is 9.94. The van der Waals surface area contributed by atoms with Crippen LogP contribution in [0.15, 0.2) is 24.4 Å². The van der Waals surface area contributed by atoms with Crippen LogP contribution in [-0.2, 0) is 16.1 Å². The topological polar surface area (TPSA) is 63.9 Å². The number of rotatable bonds is 4. The van der Waals surface area contributed by atoms with Gasteiger partial charge < -0.3 is 9.64 Å². The van der Waals surface area contributed by atoms with Gasteiger partial charge in [0.15, 0.2) is 4.96 Å². The molecule has 2 heterocycles. The Morgan fingerprint density at radius 2 is 2.07 bits per heavy atom. The van der Waals surface area contributed by atoms with Crippen LogP contribution in [0.3, 0.4) is 0 Å². The number of imidazole rings is 1. The number of thiazole rings is 1. The number of para-hydroxylation sites is 1. The van der Waals surface area contributed by atoms with Gasteiger partial charge in [-0.3, -0.25) is 14.0 Å². The van der Waals surface area contributed by atoms with Crippen LogP contribution < -0.4 is 0 Å². The average Bonchev–Trinajstić information content (AvgIpc) is 3.23. The van der Waals surface area contributed by atoms with Gasteiger partial charge in [0.1, 0.15) is 11.5 Å². The quantitative estimate of drug-likeness (QED) is 0.637. The Bertz CT molecular complexity index is 1000. The van der Waals surface area contributed by atoms with Gasteiger partial charge in [-0.05, 0) is 18.9 Å². The van der Waals surface area contributed by atoms with Gasteiger partial charge in [-0.15, -0.1) is 0 Å². The minimum atomic E-state index is -0.317. The van der Waals surface area contributed by atoms with Gasteiger partial charge in [0.05, 0.1) is 11.0 Å². The van der Waals surface area contributed by atoms with Gasteiger partial charge in [-0.25, -0.2) is 4.98 Å². The zero-order valence-corrected chi connectivity index (χ0v) is 16.4. The molecule has 0 atom stereocenters. The zero-order valence-electron chi connectivity index (χ0n) is 15.6. The first-order valence-electron chi connectivity index (χ1n) is 9.34. The highest BCUT2D eigenvalue weighted by Gasteiger charge is 2.25. The van der Waals surface area contributed by atoms with Crippen LogP contribution in [0.2, 0.25) is 0 Å². The maximum absolute atomic E-state index is 13.0. The predicted octanol–water partition coefficient (Wildman–Crippen LogP) is 4.02. The Morgan fingerprint density at radius 3 is 2.81 bits per heavy atom. The fraction of sp³-hybridized carbons (Fsp3) is 0.450. The largest absolute Gasteiger partial charge is 0.461 e. The Balaban J connectivity index is 1.67. The standard InChI is InChI=1S/C20H23N3O3S/c1-13(24)26-12-14-7-6-10-16-18(14)23-11-17(27-20(23)21-16)19(25)22(2)15-8-4-3-5-9-15/h6-7,10-11,15H,3-5,8-9,12H2,1-2H3. The maximum atomic E-state index is 13.0. The molecule has 142 valence electrons. The number of amides is 1. The van der Waals surface area contributed by atoms with Crippen molar-refractivity contribution in [2.24, 2.45) is 0 Å². The number of carbonyl (C=O) groups excluding carboxylic acids is 2. The van der Waals surface area contributed by atoms with Gasteiger partial charge in [0.25, 0.3) is 5.91 Å². The summed E-state index contributed by atoms with van der Waals surface area (Å²) < 4.78 is 7.12. The first-order valence-corrected chi connectivity index (χ1v) is 10.2. The van der Waals surface area contributed by atoms with Gasteiger partial charge in [0, 0.05) is 31.8 Å². The lowest BCUT2D eigenvalue weighted by Gasteiger charge is -2.30. The number of nitrogens with zero attached hydrogens (tertiary/aromatic N) is 3. The molecule has 1 amide bonds. The summed E-state index contributed by atoms with van der Waals surface area (Å²) in [6, 6.07) is 6.09. The Hall–Kier alpha value is -2.41. The van der Waals surface area contributed by atoms with Crippen LogP contribution in [0.5, 0.6) is 0 Å². The van der Waals surface area contributed by atoms with Crippen molar-refractivity contribution in [3.63, 3.8) is 0 Å². The Labute approximate surface area is 161 Å². The van der Waals surface area contributed by atoms with E-state index in [1.807, 2.05) is 40.7 Å². The van der Waals surface area contributed by atoms with Gasteiger partial charge >= 0.3 is 5.97 Å². The van der Waals surface area contributed by atoms with Crippen LogP contribution >= 0.6 is 11.3 Å². The van der Waals surface area contributed by atoms with E-state index in [9.17, 15) is 9.59 Å². The molecule has 1 aromatic carbocycles. The van der Waals surface area contributed by atoms with Crippen molar-refractivity contribution in [2.75, 3.05) is 7.05 Å². The fourth-order valence-corrected chi connectivity index (χ4v) is 4.81. The summed E-state index contributed by atoms with van der Waals surface area (Å²) in [6.45, 7) is 1.59. The van der Waals surface area contributed by atoms with E-state index in [1.54, 1.807) is 0 Å². The van der Waals surface area contributed by atoms with Crippen LogP contribution in [0.1, 0.15) is 54.3 Å². The normalized spacial score (nSPS) is 15.3. The molecule has 0 radical (unpaired) electrons.